The molecule has 2 rings (SSSR count). The molecule has 0 atom stereocenters. The minimum Gasteiger partial charge on any atom is -0.207 e. The number of halogens is 2. The van der Waals surface area contributed by atoms with Crippen LogP contribution in [-0.2, 0) is 0 Å². The van der Waals surface area contributed by atoms with Crippen LogP contribution in [0.15, 0.2) is 23.8 Å². The first-order valence-electron chi connectivity index (χ1n) is 4.32. The number of rotatable bonds is 1. The number of hydrogen-bond acceptors (Lipinski definition) is 0. The van der Waals surface area contributed by atoms with Gasteiger partial charge in [0.2, 0.25) is 0 Å². The fourth-order valence-electron chi connectivity index (χ4n) is 1.60. The molecule has 0 nitrogen and oxygen atoms in total. The smallest absolute Gasteiger partial charge is 0.133 e. The lowest BCUT2D eigenvalue weighted by atomic mass is 9.84. The Bertz CT molecular complexity index is 378. The Morgan fingerprint density at radius 2 is 1.92 bits per heavy atom. The summed E-state index contributed by atoms with van der Waals surface area (Å²) in [4.78, 5) is 0. The van der Waals surface area contributed by atoms with Crippen molar-refractivity contribution < 1.29 is 8.78 Å². The zero-order valence-electron chi connectivity index (χ0n) is 7.40. The molecule has 0 aliphatic heterocycles. The van der Waals surface area contributed by atoms with Gasteiger partial charge in [0.1, 0.15) is 11.6 Å². The van der Waals surface area contributed by atoms with Gasteiger partial charge in [-0.05, 0) is 37.5 Å². The Balaban J connectivity index is 2.47. The molecule has 0 aromatic heterocycles. The maximum atomic E-state index is 13.2. The van der Waals surface area contributed by atoms with Crippen LogP contribution in [0.5, 0.6) is 0 Å². The Hall–Kier alpha value is -1.18. The van der Waals surface area contributed by atoms with Crippen LogP contribution in [0.25, 0.3) is 5.57 Å². The zero-order valence-corrected chi connectivity index (χ0v) is 7.40. The number of hydrogen-bond donors (Lipinski definition) is 0. The Labute approximate surface area is 75.9 Å². The summed E-state index contributed by atoms with van der Waals surface area (Å²) in [7, 11) is 0. The summed E-state index contributed by atoms with van der Waals surface area (Å²) in [6.07, 6.45) is 1.94. The van der Waals surface area contributed by atoms with Crippen molar-refractivity contribution >= 4 is 5.57 Å². The first kappa shape index (κ1) is 8.42. The first-order chi connectivity index (χ1) is 6.18. The first-order valence-corrected chi connectivity index (χ1v) is 4.32. The van der Waals surface area contributed by atoms with Gasteiger partial charge in [-0.25, -0.2) is 8.78 Å². The van der Waals surface area contributed by atoms with E-state index < -0.39 is 11.6 Å². The number of allylic oxidation sites excluding steroid dienone is 2. The van der Waals surface area contributed by atoms with Gasteiger partial charge in [0.25, 0.3) is 0 Å². The van der Waals surface area contributed by atoms with E-state index in [1.54, 1.807) is 0 Å². The molecule has 0 saturated carbocycles. The average Bonchev–Trinajstić information content (AvgIpc) is 2.07. The number of benzene rings is 1. The molecule has 0 radical (unpaired) electrons. The largest absolute Gasteiger partial charge is 0.207 e. The van der Waals surface area contributed by atoms with E-state index in [1.807, 2.05) is 6.92 Å². The van der Waals surface area contributed by atoms with Gasteiger partial charge in [0, 0.05) is 11.6 Å². The van der Waals surface area contributed by atoms with Crippen LogP contribution in [0.4, 0.5) is 8.78 Å². The lowest BCUT2D eigenvalue weighted by Crippen LogP contribution is -2.02. The Kier molecular flexibility index (Phi) is 1.91. The molecule has 13 heavy (non-hydrogen) atoms. The molecule has 0 heterocycles. The highest BCUT2D eigenvalue weighted by molar-refractivity contribution is 5.73. The molecule has 0 N–H and O–H groups in total. The highest BCUT2D eigenvalue weighted by atomic mass is 19.1. The molecular formula is C11H10F2. The van der Waals surface area contributed by atoms with Gasteiger partial charge in [-0.1, -0.05) is 5.57 Å². The van der Waals surface area contributed by atoms with Crippen LogP contribution in [0, 0.1) is 11.6 Å². The summed E-state index contributed by atoms with van der Waals surface area (Å²) >= 11 is 0. The fourth-order valence-corrected chi connectivity index (χ4v) is 1.60. The van der Waals surface area contributed by atoms with Gasteiger partial charge < -0.3 is 0 Å². The van der Waals surface area contributed by atoms with E-state index in [9.17, 15) is 8.78 Å². The average molecular weight is 180 g/mol. The second-order valence-corrected chi connectivity index (χ2v) is 3.38. The van der Waals surface area contributed by atoms with Crippen molar-refractivity contribution in [3.05, 3.63) is 41.0 Å². The Morgan fingerprint density at radius 3 is 2.38 bits per heavy atom. The van der Waals surface area contributed by atoms with E-state index in [0.29, 0.717) is 5.56 Å². The molecule has 0 unspecified atom stereocenters. The lowest BCUT2D eigenvalue weighted by Gasteiger charge is -2.21. The minimum atomic E-state index is -0.515. The summed E-state index contributed by atoms with van der Waals surface area (Å²) in [6.45, 7) is 1.99. The summed E-state index contributed by atoms with van der Waals surface area (Å²) in [5.41, 5.74) is 2.81. The topological polar surface area (TPSA) is 0 Å². The van der Waals surface area contributed by atoms with Gasteiger partial charge in [-0.15, -0.1) is 0 Å². The van der Waals surface area contributed by atoms with E-state index in [2.05, 4.69) is 0 Å². The normalized spacial score (nSPS) is 15.9. The standard InChI is InChI=1S/C11H10F2/c1-7-2-4-9(7)10-5-3-8(12)6-11(10)13/h3,5-6H,2,4H2,1H3. The third-order valence-electron chi connectivity index (χ3n) is 2.52. The fraction of sp³-hybridized carbons (Fsp3) is 0.273. The molecule has 0 saturated heterocycles. The highest BCUT2D eigenvalue weighted by Crippen LogP contribution is 2.36. The third-order valence-corrected chi connectivity index (χ3v) is 2.52. The van der Waals surface area contributed by atoms with Crippen LogP contribution in [-0.4, -0.2) is 0 Å². The van der Waals surface area contributed by atoms with Gasteiger partial charge in [-0.3, -0.25) is 0 Å². The maximum absolute atomic E-state index is 13.2. The van der Waals surface area contributed by atoms with E-state index in [-0.39, 0.29) is 0 Å². The minimum absolute atomic E-state index is 0.450. The second kappa shape index (κ2) is 2.95. The molecular weight excluding hydrogens is 170 g/mol. The van der Waals surface area contributed by atoms with Crippen LogP contribution in [0.3, 0.4) is 0 Å². The third kappa shape index (κ3) is 1.37. The monoisotopic (exact) mass is 180 g/mol. The van der Waals surface area contributed by atoms with Crippen molar-refractivity contribution in [1.29, 1.82) is 0 Å². The van der Waals surface area contributed by atoms with E-state index in [1.165, 1.54) is 17.7 Å². The Morgan fingerprint density at radius 1 is 1.15 bits per heavy atom. The molecule has 1 aliphatic rings. The van der Waals surface area contributed by atoms with Gasteiger partial charge in [0.05, 0.1) is 0 Å². The van der Waals surface area contributed by atoms with Crippen molar-refractivity contribution in [2.45, 2.75) is 19.8 Å². The molecule has 0 fully saturated rings. The predicted octanol–water partition coefficient (Wildman–Crippen LogP) is 3.53. The van der Waals surface area contributed by atoms with Crippen molar-refractivity contribution in [1.82, 2.24) is 0 Å². The SMILES string of the molecule is CC1=C(c2ccc(F)cc2F)CC1. The van der Waals surface area contributed by atoms with E-state index >= 15 is 0 Å². The highest BCUT2D eigenvalue weighted by Gasteiger charge is 2.17. The molecule has 1 aromatic rings. The molecule has 0 spiro atoms. The van der Waals surface area contributed by atoms with Crippen molar-refractivity contribution in [2.75, 3.05) is 0 Å². The second-order valence-electron chi connectivity index (χ2n) is 3.38. The van der Waals surface area contributed by atoms with Crippen molar-refractivity contribution in [2.24, 2.45) is 0 Å². The zero-order chi connectivity index (χ0) is 9.42. The molecule has 0 amide bonds. The van der Waals surface area contributed by atoms with E-state index in [4.69, 9.17) is 0 Å². The van der Waals surface area contributed by atoms with Crippen LogP contribution in [0.2, 0.25) is 0 Å². The quantitative estimate of drug-likeness (QED) is 0.620. The van der Waals surface area contributed by atoms with Crippen LogP contribution < -0.4 is 0 Å². The molecule has 2 heteroatoms. The van der Waals surface area contributed by atoms with Gasteiger partial charge >= 0.3 is 0 Å². The molecule has 1 aromatic carbocycles. The van der Waals surface area contributed by atoms with Gasteiger partial charge in [-0.2, -0.15) is 0 Å². The van der Waals surface area contributed by atoms with E-state index in [0.717, 1.165) is 24.5 Å². The van der Waals surface area contributed by atoms with Crippen LogP contribution >= 0.6 is 0 Å². The van der Waals surface area contributed by atoms with Crippen molar-refractivity contribution in [3.8, 4) is 0 Å². The maximum Gasteiger partial charge on any atom is 0.133 e. The summed E-state index contributed by atoms with van der Waals surface area (Å²) < 4.78 is 25.8. The van der Waals surface area contributed by atoms with Crippen molar-refractivity contribution in [3.63, 3.8) is 0 Å². The molecule has 0 bridgehead atoms. The summed E-state index contributed by atoms with van der Waals surface area (Å²) in [6, 6.07) is 3.76. The van der Waals surface area contributed by atoms with Crippen LogP contribution in [0.1, 0.15) is 25.3 Å². The lowest BCUT2D eigenvalue weighted by molar-refractivity contribution is 0.579. The molecule has 1 aliphatic carbocycles. The molecule has 68 valence electrons. The van der Waals surface area contributed by atoms with Gasteiger partial charge in [0.15, 0.2) is 0 Å². The summed E-state index contributed by atoms with van der Waals surface area (Å²) in [5.74, 6) is -0.965. The predicted molar refractivity (Wildman–Crippen MR) is 48.2 cm³/mol. The summed E-state index contributed by atoms with van der Waals surface area (Å²) in [5, 5.41) is 0.